The second-order valence-electron chi connectivity index (χ2n) is 3.06. The Morgan fingerprint density at radius 1 is 1.81 bits per heavy atom. The Bertz CT molecular complexity index is 382. The Morgan fingerprint density at radius 3 is 3.06 bits per heavy atom. The average Bonchev–Trinajstić information content (AvgIpc) is 2.78. The van der Waals surface area contributed by atoms with Gasteiger partial charge in [0.25, 0.3) is 0 Å². The van der Waals surface area contributed by atoms with Crippen molar-refractivity contribution in [2.45, 2.75) is 19.1 Å². The zero-order valence-corrected chi connectivity index (χ0v) is 8.78. The Hall–Kier alpha value is -1.91. The average molecular weight is 222 g/mol. The van der Waals surface area contributed by atoms with Gasteiger partial charge in [0.05, 0.1) is 12.6 Å². The number of azide groups is 1. The van der Waals surface area contributed by atoms with Gasteiger partial charge in [-0.25, -0.2) is 16.9 Å². The molecule has 1 N–H and O–H groups in total. The van der Waals surface area contributed by atoms with Gasteiger partial charge in [-0.2, -0.15) is 17.7 Å². The highest BCUT2D eigenvalue weighted by molar-refractivity contribution is 5.75. The largest absolute Gasteiger partial charge is 0.464 e. The molecule has 0 radical (unpaired) electrons. The van der Waals surface area contributed by atoms with Crippen LogP contribution in [0.5, 0.6) is 0 Å². The van der Waals surface area contributed by atoms with Gasteiger partial charge >= 0.3 is 5.97 Å². The van der Waals surface area contributed by atoms with Gasteiger partial charge in [0, 0.05) is 4.91 Å². The fourth-order valence-electron chi connectivity index (χ4n) is 1.31. The maximum Gasteiger partial charge on any atom is 0.335 e. The van der Waals surface area contributed by atoms with Crippen LogP contribution in [0.4, 0.5) is 0 Å². The number of aliphatic hydroxyl groups is 1. The molecule has 1 aromatic carbocycles. The number of ether oxygens (including phenoxy) is 1. The van der Waals surface area contributed by atoms with E-state index in [2.05, 4.69) is 14.8 Å². The number of nitrogens with zero attached hydrogens (tertiary/aromatic N) is 3. The third-order valence-electron chi connectivity index (χ3n) is 2.03. The lowest BCUT2D eigenvalue weighted by Gasteiger charge is -2.18. The summed E-state index contributed by atoms with van der Waals surface area (Å²) >= 11 is 0. The van der Waals surface area contributed by atoms with E-state index in [1.165, 1.54) is 0 Å². The predicted molar refractivity (Wildman–Crippen MR) is 56.6 cm³/mol. The van der Waals surface area contributed by atoms with Crippen LogP contribution < -0.4 is 0 Å². The van der Waals surface area contributed by atoms with Crippen LogP contribution in [0, 0.1) is 0 Å². The van der Waals surface area contributed by atoms with Crippen LogP contribution in [0.25, 0.3) is 10.4 Å². The molecule has 1 rings (SSSR count). The van der Waals surface area contributed by atoms with Crippen LogP contribution in [0.15, 0.2) is 29.4 Å². The van der Waals surface area contributed by atoms with Crippen molar-refractivity contribution in [2.75, 3.05) is 6.61 Å². The van der Waals surface area contributed by atoms with E-state index in [1.807, 2.05) is 0 Å². The molecule has 0 aliphatic carbocycles. The highest BCUT2D eigenvalue weighted by Gasteiger charge is 2.25. The van der Waals surface area contributed by atoms with Gasteiger partial charge < -0.3 is 9.84 Å². The molecule has 0 bridgehead atoms. The van der Waals surface area contributed by atoms with E-state index in [0.29, 0.717) is 5.56 Å². The van der Waals surface area contributed by atoms with Gasteiger partial charge in [-0.1, -0.05) is 5.11 Å². The van der Waals surface area contributed by atoms with E-state index in [9.17, 15) is 9.90 Å². The van der Waals surface area contributed by atoms with Gasteiger partial charge in [0.15, 0.2) is 6.10 Å². The maximum atomic E-state index is 11.3. The van der Waals surface area contributed by atoms with Crippen molar-refractivity contribution in [2.24, 2.45) is 5.11 Å². The fourth-order valence-corrected chi connectivity index (χ4v) is 1.31. The van der Waals surface area contributed by atoms with E-state index in [4.69, 9.17) is 5.53 Å². The number of carbonyl (C=O) groups is 1. The van der Waals surface area contributed by atoms with Crippen molar-refractivity contribution in [3.05, 3.63) is 40.3 Å². The first kappa shape index (κ1) is 12.2. The summed E-state index contributed by atoms with van der Waals surface area (Å²) in [6, 6.07) is 5.85. The summed E-state index contributed by atoms with van der Waals surface area (Å²) in [7, 11) is 0. The number of esters is 1. The molecule has 6 nitrogen and oxygen atoms in total. The number of aliphatic hydroxyl groups excluding tert-OH is 1. The molecular formula is C10H12N3O3-. The van der Waals surface area contributed by atoms with Crippen molar-refractivity contribution >= 4 is 5.97 Å². The molecule has 0 spiro atoms. The van der Waals surface area contributed by atoms with Crippen LogP contribution in [-0.4, -0.2) is 23.8 Å². The summed E-state index contributed by atoms with van der Waals surface area (Å²) in [4.78, 5) is 13.9. The fraction of sp³-hybridized carbons (Fsp3) is 0.400. The summed E-state index contributed by atoms with van der Waals surface area (Å²) in [5.41, 5.74) is 8.97. The lowest BCUT2D eigenvalue weighted by Crippen LogP contribution is -2.28. The minimum absolute atomic E-state index is 0.167. The normalized spacial score (nSPS) is 13.6. The molecule has 0 saturated heterocycles. The van der Waals surface area contributed by atoms with Crippen molar-refractivity contribution < 1.29 is 14.6 Å². The summed E-state index contributed by atoms with van der Waals surface area (Å²) in [6.07, 6.45) is -1.47. The highest BCUT2D eigenvalue weighted by Crippen LogP contribution is 2.23. The second-order valence-corrected chi connectivity index (χ2v) is 3.06. The maximum absolute atomic E-state index is 11.3. The SMILES string of the molecule is CCOC(=O)[C@@H](O)[C@H](N=[N+]=[N-])c1ccc[cH-]1. The second kappa shape index (κ2) is 5.85. The first-order valence-electron chi connectivity index (χ1n) is 4.81. The topological polar surface area (TPSA) is 95.3 Å². The first-order chi connectivity index (χ1) is 7.70. The van der Waals surface area contributed by atoms with Crippen LogP contribution in [0.1, 0.15) is 18.5 Å². The molecule has 0 aliphatic heterocycles. The Labute approximate surface area is 92.4 Å². The lowest BCUT2D eigenvalue weighted by molar-refractivity contribution is -0.154. The van der Waals surface area contributed by atoms with Crippen LogP contribution in [-0.2, 0) is 9.53 Å². The monoisotopic (exact) mass is 222 g/mol. The van der Waals surface area contributed by atoms with Gasteiger partial charge in [-0.3, -0.25) is 0 Å². The number of hydrogen-bond donors (Lipinski definition) is 1. The molecule has 0 amide bonds. The zero-order chi connectivity index (χ0) is 12.0. The standard InChI is InChI=1S/C10H12N3O3/c1-2-16-10(15)9(14)8(12-13-11)7-5-3-4-6-7/h3-6,8-9,14H,2H2,1H3/q-1/t8-,9+/m1/s1. The zero-order valence-electron chi connectivity index (χ0n) is 8.78. The molecule has 0 unspecified atom stereocenters. The molecular weight excluding hydrogens is 210 g/mol. The summed E-state index contributed by atoms with van der Waals surface area (Å²) in [5.74, 6) is -0.791. The summed E-state index contributed by atoms with van der Waals surface area (Å²) in [6.45, 7) is 1.80. The molecule has 0 saturated carbocycles. The van der Waals surface area contributed by atoms with Crippen molar-refractivity contribution in [1.29, 1.82) is 0 Å². The van der Waals surface area contributed by atoms with E-state index < -0.39 is 18.1 Å². The Morgan fingerprint density at radius 2 is 2.56 bits per heavy atom. The molecule has 86 valence electrons. The third kappa shape index (κ3) is 2.79. The van der Waals surface area contributed by atoms with Crippen LogP contribution >= 0.6 is 0 Å². The van der Waals surface area contributed by atoms with E-state index in [-0.39, 0.29) is 6.61 Å². The Kier molecular flexibility index (Phi) is 4.44. The molecule has 0 aromatic heterocycles. The molecule has 2 atom stereocenters. The van der Waals surface area contributed by atoms with Gasteiger partial charge in [0.2, 0.25) is 0 Å². The van der Waals surface area contributed by atoms with E-state index >= 15 is 0 Å². The number of rotatable bonds is 5. The highest BCUT2D eigenvalue weighted by atomic mass is 16.5. The third-order valence-corrected chi connectivity index (χ3v) is 2.03. The number of carbonyl (C=O) groups excluding carboxylic acids is 1. The minimum Gasteiger partial charge on any atom is -0.464 e. The quantitative estimate of drug-likeness (QED) is 0.270. The smallest absolute Gasteiger partial charge is 0.335 e. The summed E-state index contributed by atoms with van der Waals surface area (Å²) in [5, 5.41) is 13.1. The van der Waals surface area contributed by atoms with Gasteiger partial charge in [0.1, 0.15) is 0 Å². The van der Waals surface area contributed by atoms with Crippen molar-refractivity contribution in [3.63, 3.8) is 0 Å². The molecule has 1 aromatic rings. The minimum atomic E-state index is -1.47. The molecule has 0 heterocycles. The van der Waals surface area contributed by atoms with Crippen LogP contribution in [0.2, 0.25) is 0 Å². The van der Waals surface area contributed by atoms with Gasteiger partial charge in [-0.15, -0.1) is 0 Å². The summed E-state index contributed by atoms with van der Waals surface area (Å²) < 4.78 is 4.66. The van der Waals surface area contributed by atoms with Crippen LogP contribution in [0.3, 0.4) is 0 Å². The molecule has 0 aliphatic rings. The molecule has 0 fully saturated rings. The number of hydrogen-bond acceptors (Lipinski definition) is 4. The first-order valence-corrected chi connectivity index (χ1v) is 4.81. The Balaban J connectivity index is 2.86. The molecule has 16 heavy (non-hydrogen) atoms. The van der Waals surface area contributed by atoms with Gasteiger partial charge in [-0.05, 0) is 12.5 Å². The molecule has 6 heteroatoms. The van der Waals surface area contributed by atoms with Crippen molar-refractivity contribution in [1.82, 2.24) is 0 Å². The lowest BCUT2D eigenvalue weighted by atomic mass is 10.1. The van der Waals surface area contributed by atoms with Crippen molar-refractivity contribution in [3.8, 4) is 0 Å². The van der Waals surface area contributed by atoms with E-state index in [1.54, 1.807) is 31.2 Å². The van der Waals surface area contributed by atoms with E-state index in [0.717, 1.165) is 0 Å². The predicted octanol–water partition coefficient (Wildman–Crippen LogP) is 1.68.